The van der Waals surface area contributed by atoms with Crippen molar-refractivity contribution in [2.45, 2.75) is 13.8 Å². The summed E-state index contributed by atoms with van der Waals surface area (Å²) in [6.07, 6.45) is 3.55. The average molecular weight is 239 g/mol. The summed E-state index contributed by atoms with van der Waals surface area (Å²) in [6, 6.07) is 0. The molecule has 2 aromatic heterocycles. The van der Waals surface area contributed by atoms with E-state index in [-0.39, 0.29) is 5.28 Å². The highest BCUT2D eigenvalue weighted by Crippen LogP contribution is 2.09. The average Bonchev–Trinajstić information content (AvgIpc) is 2.64. The van der Waals surface area contributed by atoms with Crippen LogP contribution >= 0.6 is 11.6 Å². The summed E-state index contributed by atoms with van der Waals surface area (Å²) >= 11 is 5.80. The molecular weight excluding hydrogens is 228 g/mol. The van der Waals surface area contributed by atoms with Crippen molar-refractivity contribution in [2.24, 2.45) is 0 Å². The predicted octanol–water partition coefficient (Wildman–Crippen LogP) is 1.45. The number of aromatic nitrogens is 5. The zero-order valence-electron chi connectivity index (χ0n) is 8.98. The maximum absolute atomic E-state index is 5.80. The molecule has 1 N–H and O–H groups in total. The number of nitrogens with zero attached hydrogens (tertiary/aromatic N) is 5. The van der Waals surface area contributed by atoms with E-state index in [9.17, 15) is 0 Å². The second-order valence-corrected chi connectivity index (χ2v) is 3.56. The minimum Gasteiger partial charge on any atom is -0.354 e. The first-order valence-electron chi connectivity index (χ1n) is 4.86. The Morgan fingerprint density at radius 1 is 1.38 bits per heavy atom. The molecule has 0 saturated carbocycles. The molecule has 2 heterocycles. The molecule has 0 atom stereocenters. The summed E-state index contributed by atoms with van der Waals surface area (Å²) in [5.41, 5.74) is 1.03. The van der Waals surface area contributed by atoms with Crippen LogP contribution in [0.2, 0.25) is 5.28 Å². The van der Waals surface area contributed by atoms with Gasteiger partial charge in [0.05, 0.1) is 6.20 Å². The van der Waals surface area contributed by atoms with Crippen LogP contribution < -0.4 is 5.32 Å². The van der Waals surface area contributed by atoms with Crippen molar-refractivity contribution in [2.75, 3.05) is 11.9 Å². The van der Waals surface area contributed by atoms with Gasteiger partial charge in [-0.1, -0.05) is 0 Å². The van der Waals surface area contributed by atoms with Gasteiger partial charge in [-0.15, -0.1) is 0 Å². The van der Waals surface area contributed by atoms with E-state index in [1.54, 1.807) is 10.9 Å². The summed E-state index contributed by atoms with van der Waals surface area (Å²) in [4.78, 5) is 12.1. The quantitative estimate of drug-likeness (QED) is 0.877. The van der Waals surface area contributed by atoms with E-state index in [0.29, 0.717) is 11.9 Å². The molecule has 2 aromatic rings. The van der Waals surface area contributed by atoms with Gasteiger partial charge in [-0.3, -0.25) is 0 Å². The third-order valence-corrected chi connectivity index (χ3v) is 2.02. The molecule has 0 radical (unpaired) electrons. The van der Waals surface area contributed by atoms with Crippen molar-refractivity contribution in [3.63, 3.8) is 0 Å². The highest BCUT2D eigenvalue weighted by molar-refractivity contribution is 6.28. The number of rotatable bonds is 3. The van der Waals surface area contributed by atoms with Crippen LogP contribution in [0, 0.1) is 6.92 Å². The summed E-state index contributed by atoms with van der Waals surface area (Å²) < 4.78 is 1.56. The van der Waals surface area contributed by atoms with Crippen molar-refractivity contribution in [3.05, 3.63) is 23.2 Å². The van der Waals surface area contributed by atoms with Crippen LogP contribution in [0.3, 0.4) is 0 Å². The van der Waals surface area contributed by atoms with E-state index in [1.165, 1.54) is 0 Å². The number of hydrogen-bond acceptors (Lipinski definition) is 5. The van der Waals surface area contributed by atoms with Crippen molar-refractivity contribution < 1.29 is 0 Å². The first-order valence-corrected chi connectivity index (χ1v) is 5.24. The molecule has 2 rings (SSSR count). The Morgan fingerprint density at radius 2 is 2.19 bits per heavy atom. The molecule has 6 nitrogen and oxygen atoms in total. The lowest BCUT2D eigenvalue weighted by Crippen LogP contribution is -2.08. The Hall–Kier alpha value is -1.69. The third-order valence-electron chi connectivity index (χ3n) is 1.85. The van der Waals surface area contributed by atoms with Crippen LogP contribution in [0.15, 0.2) is 12.4 Å². The van der Waals surface area contributed by atoms with E-state index in [2.05, 4.69) is 25.4 Å². The normalized spacial score (nSPS) is 10.4. The second-order valence-electron chi connectivity index (χ2n) is 3.22. The minimum absolute atomic E-state index is 0.147. The Balaban J connectivity index is 2.40. The zero-order valence-corrected chi connectivity index (χ0v) is 9.73. The molecule has 0 aliphatic carbocycles. The van der Waals surface area contributed by atoms with Gasteiger partial charge >= 0.3 is 0 Å². The molecule has 7 heteroatoms. The molecule has 0 spiro atoms. The predicted molar refractivity (Wildman–Crippen MR) is 60.9 cm³/mol. The van der Waals surface area contributed by atoms with Crippen molar-refractivity contribution in [1.82, 2.24) is 24.7 Å². The van der Waals surface area contributed by atoms with Gasteiger partial charge in [0.1, 0.15) is 0 Å². The first kappa shape index (κ1) is 10.8. The smallest absolute Gasteiger partial charge is 0.256 e. The molecule has 0 aromatic carbocycles. The molecule has 84 valence electrons. The summed E-state index contributed by atoms with van der Waals surface area (Å²) in [7, 11) is 0. The second kappa shape index (κ2) is 4.44. The Morgan fingerprint density at radius 3 is 2.81 bits per heavy atom. The Labute approximate surface area is 97.7 Å². The van der Waals surface area contributed by atoms with Crippen LogP contribution in [-0.4, -0.2) is 31.3 Å². The Kier molecular flexibility index (Phi) is 3.00. The van der Waals surface area contributed by atoms with Gasteiger partial charge in [0.2, 0.25) is 11.2 Å². The molecule has 0 unspecified atom stereocenters. The van der Waals surface area contributed by atoms with Crippen molar-refractivity contribution in [3.8, 4) is 5.95 Å². The fourth-order valence-electron chi connectivity index (χ4n) is 1.20. The van der Waals surface area contributed by atoms with Gasteiger partial charge in [-0.05, 0) is 31.0 Å². The first-order chi connectivity index (χ1) is 7.69. The summed E-state index contributed by atoms with van der Waals surface area (Å²) in [5, 5.41) is 7.23. The SMILES string of the molecule is CCNc1nc(Cl)nc(-n2cc(C)cn2)n1. The number of nitrogens with one attached hydrogen (secondary N) is 1. The van der Waals surface area contributed by atoms with E-state index < -0.39 is 0 Å². The van der Waals surface area contributed by atoms with Crippen LogP contribution in [0.1, 0.15) is 12.5 Å². The van der Waals surface area contributed by atoms with E-state index >= 15 is 0 Å². The van der Waals surface area contributed by atoms with Crippen molar-refractivity contribution in [1.29, 1.82) is 0 Å². The maximum atomic E-state index is 5.80. The maximum Gasteiger partial charge on any atom is 0.256 e. The molecule has 0 bridgehead atoms. The third kappa shape index (κ3) is 2.27. The molecule has 0 amide bonds. The number of hydrogen-bond donors (Lipinski definition) is 1. The van der Waals surface area contributed by atoms with Gasteiger partial charge in [-0.2, -0.15) is 20.1 Å². The standard InChI is InChI=1S/C9H11ClN6/c1-3-11-8-13-7(10)14-9(15-8)16-5-6(2)4-12-16/h4-5H,3H2,1-2H3,(H,11,13,14,15). The molecule has 0 fully saturated rings. The molecule has 0 saturated heterocycles. The molecule has 0 aliphatic rings. The zero-order chi connectivity index (χ0) is 11.5. The van der Waals surface area contributed by atoms with Gasteiger partial charge in [0.25, 0.3) is 5.95 Å². The monoisotopic (exact) mass is 238 g/mol. The van der Waals surface area contributed by atoms with Crippen LogP contribution in [-0.2, 0) is 0 Å². The van der Waals surface area contributed by atoms with Crippen LogP contribution in [0.25, 0.3) is 5.95 Å². The highest BCUT2D eigenvalue weighted by Gasteiger charge is 2.06. The molecular formula is C9H11ClN6. The Bertz CT molecular complexity index is 494. The minimum atomic E-state index is 0.147. The topological polar surface area (TPSA) is 68.5 Å². The lowest BCUT2D eigenvalue weighted by atomic mass is 10.4. The van der Waals surface area contributed by atoms with Gasteiger partial charge in [-0.25, -0.2) is 4.68 Å². The van der Waals surface area contributed by atoms with Crippen LogP contribution in [0.5, 0.6) is 0 Å². The van der Waals surface area contributed by atoms with Gasteiger partial charge < -0.3 is 5.32 Å². The van der Waals surface area contributed by atoms with E-state index in [1.807, 2.05) is 20.0 Å². The largest absolute Gasteiger partial charge is 0.354 e. The van der Waals surface area contributed by atoms with Crippen LogP contribution in [0.4, 0.5) is 5.95 Å². The van der Waals surface area contributed by atoms with E-state index in [4.69, 9.17) is 11.6 Å². The lowest BCUT2D eigenvalue weighted by molar-refractivity contribution is 0.795. The summed E-state index contributed by atoms with van der Waals surface area (Å²) in [6.45, 7) is 4.62. The highest BCUT2D eigenvalue weighted by atomic mass is 35.5. The number of aryl methyl sites for hydroxylation is 1. The number of anilines is 1. The lowest BCUT2D eigenvalue weighted by Gasteiger charge is -2.04. The number of halogens is 1. The molecule has 16 heavy (non-hydrogen) atoms. The van der Waals surface area contributed by atoms with Crippen molar-refractivity contribution >= 4 is 17.5 Å². The summed E-state index contributed by atoms with van der Waals surface area (Å²) in [5.74, 6) is 0.856. The molecule has 0 aliphatic heterocycles. The van der Waals surface area contributed by atoms with Gasteiger partial charge in [0.15, 0.2) is 0 Å². The van der Waals surface area contributed by atoms with E-state index in [0.717, 1.165) is 12.1 Å². The fraction of sp³-hybridized carbons (Fsp3) is 0.333. The van der Waals surface area contributed by atoms with Gasteiger partial charge in [0, 0.05) is 12.7 Å². The fourth-order valence-corrected chi connectivity index (χ4v) is 1.36.